The third-order valence-corrected chi connectivity index (χ3v) is 3.04. The van der Waals surface area contributed by atoms with Crippen LogP contribution < -0.4 is 5.32 Å². The lowest BCUT2D eigenvalue weighted by molar-refractivity contribution is -0.0978. The van der Waals surface area contributed by atoms with Gasteiger partial charge in [0.1, 0.15) is 5.69 Å². The largest absolute Gasteiger partial charge is 0.380 e. The molecule has 1 fully saturated rings. The Labute approximate surface area is 101 Å². The third kappa shape index (κ3) is 2.82. The second-order valence-electron chi connectivity index (χ2n) is 4.89. The zero-order valence-corrected chi connectivity index (χ0v) is 10.3. The van der Waals surface area contributed by atoms with E-state index in [4.69, 9.17) is 4.74 Å². The van der Waals surface area contributed by atoms with Gasteiger partial charge >= 0.3 is 0 Å². The van der Waals surface area contributed by atoms with Crippen LogP contribution in [0.5, 0.6) is 0 Å². The second-order valence-corrected chi connectivity index (χ2v) is 4.89. The molecule has 92 valence electrons. The Bertz CT molecular complexity index is 414. The predicted octanol–water partition coefficient (Wildman–Crippen LogP) is 1.41. The molecule has 0 saturated carbocycles. The molecule has 0 spiro atoms. The van der Waals surface area contributed by atoms with Gasteiger partial charge in [0, 0.05) is 18.2 Å². The standard InChI is InChI=1S/C13H18N2O2/c1-3-10-4-5-14-11(6-10)12(16)15-7-13(2)8-17-9-13/h4-6H,3,7-9H2,1-2H3,(H,15,16). The van der Waals surface area contributed by atoms with E-state index in [0.29, 0.717) is 12.2 Å². The van der Waals surface area contributed by atoms with Crippen LogP contribution in [-0.2, 0) is 11.2 Å². The van der Waals surface area contributed by atoms with Gasteiger partial charge < -0.3 is 10.1 Å². The van der Waals surface area contributed by atoms with Gasteiger partial charge in [0.2, 0.25) is 0 Å². The van der Waals surface area contributed by atoms with Crippen LogP contribution in [0.4, 0.5) is 0 Å². The average Bonchev–Trinajstić information content (AvgIpc) is 2.33. The fourth-order valence-corrected chi connectivity index (χ4v) is 1.76. The monoisotopic (exact) mass is 234 g/mol. The zero-order valence-electron chi connectivity index (χ0n) is 10.3. The summed E-state index contributed by atoms with van der Waals surface area (Å²) in [5.74, 6) is -0.103. The molecule has 0 aliphatic carbocycles. The minimum atomic E-state index is -0.103. The first-order valence-electron chi connectivity index (χ1n) is 5.94. The van der Waals surface area contributed by atoms with Crippen molar-refractivity contribution in [2.45, 2.75) is 20.3 Å². The first-order valence-corrected chi connectivity index (χ1v) is 5.94. The molecule has 2 heterocycles. The van der Waals surface area contributed by atoms with Crippen LogP contribution in [0.15, 0.2) is 18.3 Å². The Hall–Kier alpha value is -1.42. The molecule has 1 amide bonds. The molecule has 0 aromatic carbocycles. The van der Waals surface area contributed by atoms with Crippen LogP contribution in [0.25, 0.3) is 0 Å². The van der Waals surface area contributed by atoms with E-state index in [1.165, 1.54) is 0 Å². The predicted molar refractivity (Wildman–Crippen MR) is 64.9 cm³/mol. The number of nitrogens with zero attached hydrogens (tertiary/aromatic N) is 1. The quantitative estimate of drug-likeness (QED) is 0.857. The Kier molecular flexibility index (Phi) is 3.43. The number of ether oxygens (including phenoxy) is 1. The summed E-state index contributed by atoms with van der Waals surface area (Å²) in [5.41, 5.74) is 1.72. The molecule has 2 rings (SSSR count). The van der Waals surface area contributed by atoms with Crippen LogP contribution in [-0.4, -0.2) is 30.6 Å². The second kappa shape index (κ2) is 4.84. The smallest absolute Gasteiger partial charge is 0.269 e. The Morgan fingerprint density at radius 2 is 2.35 bits per heavy atom. The van der Waals surface area contributed by atoms with Gasteiger partial charge in [-0.3, -0.25) is 9.78 Å². The number of aryl methyl sites for hydroxylation is 1. The lowest BCUT2D eigenvalue weighted by Gasteiger charge is -2.37. The maximum absolute atomic E-state index is 11.9. The van der Waals surface area contributed by atoms with E-state index in [2.05, 4.69) is 24.1 Å². The summed E-state index contributed by atoms with van der Waals surface area (Å²) in [5, 5.41) is 2.91. The topological polar surface area (TPSA) is 51.2 Å². The molecule has 1 aromatic heterocycles. The maximum atomic E-state index is 11.9. The van der Waals surface area contributed by atoms with Crippen molar-refractivity contribution in [3.05, 3.63) is 29.6 Å². The highest BCUT2D eigenvalue weighted by atomic mass is 16.5. The summed E-state index contributed by atoms with van der Waals surface area (Å²) in [6.07, 6.45) is 2.59. The molecule has 17 heavy (non-hydrogen) atoms. The van der Waals surface area contributed by atoms with E-state index >= 15 is 0 Å². The van der Waals surface area contributed by atoms with E-state index in [0.717, 1.165) is 25.2 Å². The fourth-order valence-electron chi connectivity index (χ4n) is 1.76. The van der Waals surface area contributed by atoms with Crippen molar-refractivity contribution in [2.75, 3.05) is 19.8 Å². The van der Waals surface area contributed by atoms with E-state index < -0.39 is 0 Å². The third-order valence-electron chi connectivity index (χ3n) is 3.04. The lowest BCUT2D eigenvalue weighted by Crippen LogP contribution is -2.48. The van der Waals surface area contributed by atoms with Gasteiger partial charge in [-0.25, -0.2) is 0 Å². The summed E-state index contributed by atoms with van der Waals surface area (Å²) in [4.78, 5) is 16.0. The summed E-state index contributed by atoms with van der Waals surface area (Å²) < 4.78 is 5.15. The number of hydrogen-bond donors (Lipinski definition) is 1. The van der Waals surface area contributed by atoms with E-state index in [1.54, 1.807) is 6.20 Å². The first-order chi connectivity index (χ1) is 8.13. The van der Waals surface area contributed by atoms with Crippen molar-refractivity contribution >= 4 is 5.91 Å². The number of carbonyl (C=O) groups excluding carboxylic acids is 1. The van der Waals surface area contributed by atoms with Crippen LogP contribution in [0.3, 0.4) is 0 Å². The van der Waals surface area contributed by atoms with E-state index in [9.17, 15) is 4.79 Å². The summed E-state index contributed by atoms with van der Waals surface area (Å²) >= 11 is 0. The van der Waals surface area contributed by atoms with Crippen molar-refractivity contribution in [3.8, 4) is 0 Å². The Morgan fingerprint density at radius 3 is 2.94 bits per heavy atom. The number of hydrogen-bond acceptors (Lipinski definition) is 3. The average molecular weight is 234 g/mol. The van der Waals surface area contributed by atoms with Crippen molar-refractivity contribution in [1.82, 2.24) is 10.3 Å². The Balaban J connectivity index is 1.94. The molecule has 0 atom stereocenters. The molecular weight excluding hydrogens is 216 g/mol. The van der Waals surface area contributed by atoms with Crippen LogP contribution in [0.2, 0.25) is 0 Å². The number of pyridine rings is 1. The number of nitrogens with one attached hydrogen (secondary N) is 1. The molecule has 1 saturated heterocycles. The summed E-state index contributed by atoms with van der Waals surface area (Å²) in [6.45, 7) is 6.24. The fraction of sp³-hybridized carbons (Fsp3) is 0.538. The molecule has 1 N–H and O–H groups in total. The van der Waals surface area contributed by atoms with Crippen molar-refractivity contribution in [2.24, 2.45) is 5.41 Å². The minimum absolute atomic E-state index is 0.0953. The van der Waals surface area contributed by atoms with Gasteiger partial charge in [0.05, 0.1) is 13.2 Å². The number of rotatable bonds is 4. The SMILES string of the molecule is CCc1ccnc(C(=O)NCC2(C)COC2)c1. The highest BCUT2D eigenvalue weighted by Crippen LogP contribution is 2.25. The normalized spacial score (nSPS) is 17.3. The number of aromatic nitrogens is 1. The number of amides is 1. The van der Waals surface area contributed by atoms with E-state index in [-0.39, 0.29) is 11.3 Å². The summed E-state index contributed by atoms with van der Waals surface area (Å²) in [6, 6.07) is 3.77. The molecule has 4 nitrogen and oxygen atoms in total. The molecule has 0 unspecified atom stereocenters. The molecule has 4 heteroatoms. The molecule has 1 aliphatic rings. The number of carbonyl (C=O) groups is 1. The van der Waals surface area contributed by atoms with Crippen LogP contribution in [0.1, 0.15) is 29.9 Å². The summed E-state index contributed by atoms with van der Waals surface area (Å²) in [7, 11) is 0. The maximum Gasteiger partial charge on any atom is 0.269 e. The van der Waals surface area contributed by atoms with Crippen molar-refractivity contribution < 1.29 is 9.53 Å². The van der Waals surface area contributed by atoms with Gasteiger partial charge in [-0.05, 0) is 24.1 Å². The van der Waals surface area contributed by atoms with Crippen molar-refractivity contribution in [1.29, 1.82) is 0 Å². The molecule has 1 aromatic rings. The Morgan fingerprint density at radius 1 is 1.59 bits per heavy atom. The van der Waals surface area contributed by atoms with Gasteiger partial charge in [-0.1, -0.05) is 13.8 Å². The molecule has 1 aliphatic heterocycles. The highest BCUT2D eigenvalue weighted by Gasteiger charge is 2.33. The highest BCUT2D eigenvalue weighted by molar-refractivity contribution is 5.92. The lowest BCUT2D eigenvalue weighted by atomic mass is 9.89. The van der Waals surface area contributed by atoms with Crippen molar-refractivity contribution in [3.63, 3.8) is 0 Å². The van der Waals surface area contributed by atoms with Gasteiger partial charge in [-0.2, -0.15) is 0 Å². The zero-order chi connectivity index (χ0) is 12.3. The molecule has 0 bridgehead atoms. The van der Waals surface area contributed by atoms with Gasteiger partial charge in [-0.15, -0.1) is 0 Å². The van der Waals surface area contributed by atoms with E-state index in [1.807, 2.05) is 12.1 Å². The van der Waals surface area contributed by atoms with Crippen LogP contribution >= 0.6 is 0 Å². The van der Waals surface area contributed by atoms with Gasteiger partial charge in [0.25, 0.3) is 5.91 Å². The first kappa shape index (κ1) is 12.0. The van der Waals surface area contributed by atoms with Gasteiger partial charge in [0.15, 0.2) is 0 Å². The molecule has 0 radical (unpaired) electrons. The van der Waals surface area contributed by atoms with Crippen LogP contribution in [0, 0.1) is 5.41 Å². The minimum Gasteiger partial charge on any atom is -0.380 e. The molecular formula is C13H18N2O2.